The Labute approximate surface area is 352 Å². The monoisotopic (exact) mass is 813 g/mol. The van der Waals surface area contributed by atoms with Gasteiger partial charge in [-0.15, -0.1) is 0 Å². The summed E-state index contributed by atoms with van der Waals surface area (Å²) < 4.78 is 2.45. The molecule has 0 aliphatic carbocycles. The number of urea groups is 1. The van der Waals surface area contributed by atoms with Gasteiger partial charge < -0.3 is 41.6 Å². The number of aromatic hydroxyl groups is 1. The van der Waals surface area contributed by atoms with Crippen molar-refractivity contribution in [1.29, 1.82) is 0 Å². The number of imide groups is 1. The van der Waals surface area contributed by atoms with Crippen LogP contribution in [0, 0.1) is 19.8 Å². The number of aromatic nitrogens is 1. The summed E-state index contributed by atoms with van der Waals surface area (Å²) in [5.41, 5.74) is 26.6. The van der Waals surface area contributed by atoms with Crippen LogP contribution in [0.4, 0.5) is 10.5 Å². The van der Waals surface area contributed by atoms with Gasteiger partial charge in [0.1, 0.15) is 11.6 Å². The molecule has 0 bridgehead atoms. The molecule has 4 fully saturated rings. The van der Waals surface area contributed by atoms with Crippen LogP contribution in [0.25, 0.3) is 16.6 Å². The van der Waals surface area contributed by atoms with Gasteiger partial charge in [-0.05, 0) is 118 Å². The Morgan fingerprint density at radius 3 is 2.33 bits per heavy atom. The highest BCUT2D eigenvalue weighted by Gasteiger charge is 2.31. The number of nitrogens with zero attached hydrogens (tertiary/aromatic N) is 5. The maximum atomic E-state index is 13.8. The SMILES string of the molecule is Cc1cc(C(=O)N2CCC(CN3CCC(n4c(C)cc5c(N6CCC(=O)NC6=O)cccc54)CC3)CC2)ccc1C1CCCN(C(/C=C(\N)c2ccccc2O)=C(N)N)C1. The molecule has 0 saturated carbocycles. The van der Waals surface area contributed by atoms with Gasteiger partial charge in [0.25, 0.3) is 5.91 Å². The van der Waals surface area contributed by atoms with Crippen molar-refractivity contribution in [3.05, 3.63) is 112 Å². The molecule has 4 amide bonds. The Morgan fingerprint density at radius 2 is 1.62 bits per heavy atom. The van der Waals surface area contributed by atoms with Crippen LogP contribution in [0.3, 0.4) is 0 Å². The molecular formula is C47H59N9O4. The summed E-state index contributed by atoms with van der Waals surface area (Å²) in [5, 5.41) is 13.8. The summed E-state index contributed by atoms with van der Waals surface area (Å²) >= 11 is 0. The zero-order valence-electron chi connectivity index (χ0n) is 34.9. The van der Waals surface area contributed by atoms with Crippen LogP contribution in [-0.2, 0) is 4.79 Å². The fourth-order valence-corrected chi connectivity index (χ4v) is 10.1. The summed E-state index contributed by atoms with van der Waals surface area (Å²) in [6.07, 6.45) is 8.15. The zero-order valence-corrected chi connectivity index (χ0v) is 34.9. The average Bonchev–Trinajstić information content (AvgIpc) is 3.59. The molecule has 13 nitrogen and oxygen atoms in total. The Morgan fingerprint density at radius 1 is 0.850 bits per heavy atom. The maximum absolute atomic E-state index is 13.8. The van der Waals surface area contributed by atoms with E-state index in [1.54, 1.807) is 29.2 Å². The maximum Gasteiger partial charge on any atom is 0.328 e. The lowest BCUT2D eigenvalue weighted by Crippen LogP contribution is -2.49. The number of aryl methyl sites for hydroxylation is 2. The van der Waals surface area contributed by atoms with E-state index in [4.69, 9.17) is 17.2 Å². The van der Waals surface area contributed by atoms with Gasteiger partial charge in [-0.25, -0.2) is 4.79 Å². The van der Waals surface area contributed by atoms with Gasteiger partial charge in [-0.2, -0.15) is 0 Å². The first-order valence-electron chi connectivity index (χ1n) is 21.5. The number of para-hydroxylation sites is 1. The van der Waals surface area contributed by atoms with E-state index in [1.165, 1.54) is 11.3 Å². The molecule has 5 heterocycles. The molecule has 3 aromatic carbocycles. The van der Waals surface area contributed by atoms with Crippen molar-refractivity contribution in [2.24, 2.45) is 23.1 Å². The molecule has 4 aliphatic rings. The zero-order chi connectivity index (χ0) is 42.1. The number of piperidine rings is 3. The van der Waals surface area contributed by atoms with E-state index >= 15 is 0 Å². The molecule has 8 N–H and O–H groups in total. The highest BCUT2D eigenvalue weighted by Crippen LogP contribution is 2.37. The number of likely N-dealkylation sites (tertiary alicyclic amines) is 3. The number of phenolic OH excluding ortho intramolecular Hbond substituents is 1. The minimum Gasteiger partial charge on any atom is -0.507 e. The Bertz CT molecular complexity index is 2330. The molecular weight excluding hydrogens is 755 g/mol. The first kappa shape index (κ1) is 40.8. The third-order valence-corrected chi connectivity index (χ3v) is 13.3. The van der Waals surface area contributed by atoms with Gasteiger partial charge >= 0.3 is 6.03 Å². The average molecular weight is 814 g/mol. The molecule has 60 heavy (non-hydrogen) atoms. The summed E-state index contributed by atoms with van der Waals surface area (Å²) in [4.78, 5) is 46.7. The number of amides is 4. The number of benzene rings is 3. The molecule has 1 aromatic heterocycles. The standard InChI is InChI=1S/C47H59N9O4/c1-30-25-33(12-13-36(30)34-7-6-19-54(29-34)42(45(49)50)27-39(48)37-8-3-4-11-43(37)57)46(59)53-22-14-32(15-23-53)28-52-20-16-35(17-21-52)56-31(2)26-38-40(9-5-10-41(38)56)55-24-18-44(58)51-47(55)60/h3-5,8-13,25-27,32,34-35,57H,6-7,14-24,28-29,48-50H2,1-2H3,(H,51,58,60)/b39-27-. The summed E-state index contributed by atoms with van der Waals surface area (Å²) in [6.45, 7) is 10.8. The van der Waals surface area contributed by atoms with E-state index in [0.717, 1.165) is 106 Å². The molecule has 1 atom stereocenters. The highest BCUT2D eigenvalue weighted by molar-refractivity contribution is 6.09. The first-order valence-corrected chi connectivity index (χ1v) is 21.5. The number of hydrogen-bond acceptors (Lipinski definition) is 9. The topological polar surface area (TPSA) is 179 Å². The van der Waals surface area contributed by atoms with Crippen LogP contribution in [0.5, 0.6) is 5.75 Å². The number of nitrogens with two attached hydrogens (primary N) is 3. The molecule has 13 heteroatoms. The molecule has 8 rings (SSSR count). The fourth-order valence-electron chi connectivity index (χ4n) is 10.1. The van der Waals surface area contributed by atoms with E-state index in [0.29, 0.717) is 48.4 Å². The number of hydrogen-bond donors (Lipinski definition) is 5. The highest BCUT2D eigenvalue weighted by atomic mass is 16.3. The largest absolute Gasteiger partial charge is 0.507 e. The van der Waals surface area contributed by atoms with Crippen molar-refractivity contribution in [2.45, 2.75) is 70.8 Å². The van der Waals surface area contributed by atoms with Gasteiger partial charge in [0.05, 0.1) is 16.9 Å². The van der Waals surface area contributed by atoms with E-state index in [1.807, 2.05) is 29.2 Å². The van der Waals surface area contributed by atoms with E-state index in [9.17, 15) is 19.5 Å². The Kier molecular flexibility index (Phi) is 11.8. The summed E-state index contributed by atoms with van der Waals surface area (Å²) in [6, 6.07) is 21.5. The summed E-state index contributed by atoms with van der Waals surface area (Å²) in [7, 11) is 0. The number of nitrogens with one attached hydrogen (secondary N) is 1. The van der Waals surface area contributed by atoms with Crippen LogP contribution in [-0.4, -0.2) is 94.6 Å². The third-order valence-electron chi connectivity index (χ3n) is 13.3. The van der Waals surface area contributed by atoms with Crippen molar-refractivity contribution in [3.63, 3.8) is 0 Å². The second-order valence-electron chi connectivity index (χ2n) is 17.2. The van der Waals surface area contributed by atoms with Crippen molar-refractivity contribution < 1.29 is 19.5 Å². The van der Waals surface area contributed by atoms with Gasteiger partial charge in [0, 0.05) is 98.6 Å². The number of fused-ring (bicyclic) bond motifs is 1. The second-order valence-corrected chi connectivity index (χ2v) is 17.2. The van der Waals surface area contributed by atoms with Crippen LogP contribution in [0.15, 0.2) is 84.3 Å². The predicted molar refractivity (Wildman–Crippen MR) is 236 cm³/mol. The van der Waals surface area contributed by atoms with Crippen LogP contribution < -0.4 is 27.4 Å². The van der Waals surface area contributed by atoms with Gasteiger partial charge in [0.15, 0.2) is 0 Å². The summed E-state index contributed by atoms with van der Waals surface area (Å²) in [5.74, 6) is 0.958. The van der Waals surface area contributed by atoms with Crippen molar-refractivity contribution in [2.75, 3.05) is 57.3 Å². The number of carbonyl (C=O) groups is 3. The number of rotatable bonds is 9. The molecule has 4 aliphatic heterocycles. The Hall–Kier alpha value is -5.95. The molecule has 4 aromatic rings. The quantitative estimate of drug-likeness (QED) is 0.129. The van der Waals surface area contributed by atoms with Crippen molar-refractivity contribution in [1.82, 2.24) is 24.6 Å². The van der Waals surface area contributed by atoms with Crippen molar-refractivity contribution >= 4 is 40.1 Å². The normalized spacial score (nSPS) is 20.1. The molecule has 0 spiro atoms. The second kappa shape index (κ2) is 17.3. The molecule has 316 valence electrons. The van der Waals surface area contributed by atoms with E-state index < -0.39 is 0 Å². The van der Waals surface area contributed by atoms with E-state index in [2.05, 4.69) is 57.8 Å². The van der Waals surface area contributed by atoms with Crippen LogP contribution in [0.2, 0.25) is 0 Å². The van der Waals surface area contributed by atoms with Gasteiger partial charge in [-0.1, -0.05) is 24.3 Å². The predicted octanol–water partition coefficient (Wildman–Crippen LogP) is 5.87. The lowest BCUT2D eigenvalue weighted by Gasteiger charge is -2.38. The molecule has 0 radical (unpaired) electrons. The molecule has 1 unspecified atom stereocenters. The van der Waals surface area contributed by atoms with E-state index in [-0.39, 0.29) is 35.3 Å². The number of carbonyl (C=O) groups excluding carboxylic acids is 3. The van der Waals surface area contributed by atoms with Gasteiger partial charge in [-0.3, -0.25) is 19.8 Å². The third kappa shape index (κ3) is 8.40. The fraction of sp³-hybridized carbons (Fsp3) is 0.426. The van der Waals surface area contributed by atoms with Crippen LogP contribution in [0.1, 0.15) is 89.6 Å². The first-order chi connectivity index (χ1) is 28.9. The smallest absolute Gasteiger partial charge is 0.328 e. The Balaban J connectivity index is 0.835. The number of anilines is 1. The number of phenols is 1. The molecule has 4 saturated heterocycles. The van der Waals surface area contributed by atoms with Crippen molar-refractivity contribution in [3.8, 4) is 5.75 Å². The lowest BCUT2D eigenvalue weighted by atomic mass is 9.86. The van der Waals surface area contributed by atoms with Gasteiger partial charge in [0.2, 0.25) is 5.91 Å². The lowest BCUT2D eigenvalue weighted by molar-refractivity contribution is -0.120. The minimum atomic E-state index is -0.355. The number of allylic oxidation sites excluding steroid dienone is 1. The minimum absolute atomic E-state index is 0.0998. The van der Waals surface area contributed by atoms with Crippen LogP contribution >= 0.6 is 0 Å².